The zero-order valence-electron chi connectivity index (χ0n) is 13.4. The van der Waals surface area contributed by atoms with Crippen molar-refractivity contribution in [3.63, 3.8) is 0 Å². The number of carbonyl (C=O) groups excluding carboxylic acids is 1. The highest BCUT2D eigenvalue weighted by atomic mass is 16.2. The van der Waals surface area contributed by atoms with Crippen LogP contribution in [0.15, 0.2) is 18.5 Å². The molecule has 3 heterocycles. The minimum atomic E-state index is -0.161. The Morgan fingerprint density at radius 2 is 2.14 bits per heavy atom. The summed E-state index contributed by atoms with van der Waals surface area (Å²) in [6.07, 6.45) is 3.75. The minimum absolute atomic E-state index is 0.0121. The zero-order valence-corrected chi connectivity index (χ0v) is 13.4. The number of likely N-dealkylation sites (tertiary alicyclic amines) is 1. The van der Waals surface area contributed by atoms with Gasteiger partial charge in [0.05, 0.1) is 29.2 Å². The van der Waals surface area contributed by atoms with Gasteiger partial charge in [0.15, 0.2) is 0 Å². The van der Waals surface area contributed by atoms with Gasteiger partial charge in [0.1, 0.15) is 0 Å². The lowest BCUT2D eigenvalue weighted by molar-refractivity contribution is -0.123. The second-order valence-corrected chi connectivity index (χ2v) is 5.93. The fourth-order valence-electron chi connectivity index (χ4n) is 2.82. The average Bonchev–Trinajstić information content (AvgIpc) is 3.02. The summed E-state index contributed by atoms with van der Waals surface area (Å²) in [5, 5.41) is 11.6. The third kappa shape index (κ3) is 2.52. The van der Waals surface area contributed by atoms with Gasteiger partial charge in [0.25, 0.3) is 0 Å². The Hall–Kier alpha value is -2.15. The molecule has 1 fully saturated rings. The molecule has 0 radical (unpaired) electrons. The maximum Gasteiger partial charge on any atom is 0.241 e. The molecule has 7 heteroatoms. The van der Waals surface area contributed by atoms with Crippen molar-refractivity contribution in [3.8, 4) is 0 Å². The third-order valence-electron chi connectivity index (χ3n) is 4.47. The average molecular weight is 302 g/mol. The number of carbonyl (C=O) groups is 1. The van der Waals surface area contributed by atoms with E-state index < -0.39 is 0 Å². The number of aryl methyl sites for hydroxylation is 2. The summed E-state index contributed by atoms with van der Waals surface area (Å²) >= 11 is 0. The van der Waals surface area contributed by atoms with E-state index in [2.05, 4.69) is 20.4 Å². The fourth-order valence-corrected chi connectivity index (χ4v) is 2.82. The van der Waals surface area contributed by atoms with Gasteiger partial charge in [-0.1, -0.05) is 0 Å². The van der Waals surface area contributed by atoms with E-state index in [1.54, 1.807) is 10.9 Å². The van der Waals surface area contributed by atoms with Gasteiger partial charge in [0.2, 0.25) is 5.91 Å². The van der Waals surface area contributed by atoms with Crippen molar-refractivity contribution in [2.24, 2.45) is 7.05 Å². The van der Waals surface area contributed by atoms with Crippen molar-refractivity contribution in [2.75, 3.05) is 18.4 Å². The topological polar surface area (TPSA) is 68.0 Å². The molecule has 2 aromatic rings. The monoisotopic (exact) mass is 302 g/mol. The van der Waals surface area contributed by atoms with Crippen LogP contribution in [-0.4, -0.2) is 49.5 Å². The Bertz CT molecular complexity index is 669. The number of rotatable bonds is 4. The van der Waals surface area contributed by atoms with Crippen LogP contribution in [0.5, 0.6) is 0 Å². The van der Waals surface area contributed by atoms with Crippen LogP contribution in [0.3, 0.4) is 0 Å². The van der Waals surface area contributed by atoms with Gasteiger partial charge in [-0.25, -0.2) is 0 Å². The Kier molecular flexibility index (Phi) is 3.74. The lowest BCUT2D eigenvalue weighted by Crippen LogP contribution is -2.55. The third-order valence-corrected chi connectivity index (χ3v) is 4.47. The van der Waals surface area contributed by atoms with Crippen LogP contribution in [-0.2, 0) is 11.8 Å². The molecule has 0 unspecified atom stereocenters. The first-order valence-electron chi connectivity index (χ1n) is 7.51. The minimum Gasteiger partial charge on any atom is -0.322 e. The molecule has 0 aliphatic carbocycles. The van der Waals surface area contributed by atoms with Gasteiger partial charge < -0.3 is 5.32 Å². The van der Waals surface area contributed by atoms with E-state index in [-0.39, 0.29) is 11.9 Å². The van der Waals surface area contributed by atoms with Crippen LogP contribution in [0.2, 0.25) is 0 Å². The van der Waals surface area contributed by atoms with Crippen molar-refractivity contribution in [1.29, 1.82) is 0 Å². The van der Waals surface area contributed by atoms with Gasteiger partial charge in [-0.05, 0) is 26.8 Å². The molecular weight excluding hydrogens is 280 g/mol. The summed E-state index contributed by atoms with van der Waals surface area (Å²) in [6.45, 7) is 7.50. The van der Waals surface area contributed by atoms with Crippen LogP contribution in [0.4, 0.5) is 5.69 Å². The van der Waals surface area contributed by atoms with Gasteiger partial charge in [-0.3, -0.25) is 19.1 Å². The summed E-state index contributed by atoms with van der Waals surface area (Å²) in [5.74, 6) is 0.0121. The molecule has 2 aromatic heterocycles. The normalized spacial score (nSPS) is 17.3. The molecule has 1 N–H and O–H groups in total. The largest absolute Gasteiger partial charge is 0.322 e. The number of nitrogens with zero attached hydrogens (tertiary/aromatic N) is 5. The molecular formula is C15H22N6O. The van der Waals surface area contributed by atoms with Crippen LogP contribution in [0.1, 0.15) is 24.4 Å². The smallest absolute Gasteiger partial charge is 0.241 e. The Morgan fingerprint density at radius 1 is 1.41 bits per heavy atom. The first-order valence-corrected chi connectivity index (χ1v) is 7.51. The summed E-state index contributed by atoms with van der Waals surface area (Å²) < 4.78 is 3.74. The lowest BCUT2D eigenvalue weighted by Gasteiger charge is -2.42. The van der Waals surface area contributed by atoms with E-state index >= 15 is 0 Å². The second-order valence-electron chi connectivity index (χ2n) is 5.93. The number of aromatic nitrogens is 4. The van der Waals surface area contributed by atoms with E-state index in [0.717, 1.165) is 30.2 Å². The van der Waals surface area contributed by atoms with Crippen molar-refractivity contribution < 1.29 is 4.79 Å². The van der Waals surface area contributed by atoms with Crippen molar-refractivity contribution in [3.05, 3.63) is 29.8 Å². The molecule has 1 atom stereocenters. The first-order chi connectivity index (χ1) is 10.5. The maximum absolute atomic E-state index is 12.4. The van der Waals surface area contributed by atoms with E-state index in [0.29, 0.717) is 6.04 Å². The maximum atomic E-state index is 12.4. The van der Waals surface area contributed by atoms with Crippen LogP contribution in [0, 0.1) is 13.8 Å². The fraction of sp³-hybridized carbons (Fsp3) is 0.533. The molecule has 3 rings (SSSR count). The van der Waals surface area contributed by atoms with E-state index in [9.17, 15) is 4.79 Å². The molecule has 0 spiro atoms. The zero-order chi connectivity index (χ0) is 15.9. The quantitative estimate of drug-likeness (QED) is 0.919. The van der Waals surface area contributed by atoms with Gasteiger partial charge in [-0.2, -0.15) is 10.2 Å². The molecule has 1 aliphatic heterocycles. The molecule has 7 nitrogen and oxygen atoms in total. The molecule has 0 bridgehead atoms. The summed E-state index contributed by atoms with van der Waals surface area (Å²) in [7, 11) is 1.88. The number of hydrogen-bond acceptors (Lipinski definition) is 4. The molecule has 1 saturated heterocycles. The number of nitrogens with one attached hydrogen (secondary N) is 1. The van der Waals surface area contributed by atoms with Crippen LogP contribution in [0.25, 0.3) is 0 Å². The van der Waals surface area contributed by atoms with Crippen molar-refractivity contribution in [1.82, 2.24) is 24.5 Å². The van der Waals surface area contributed by atoms with Crippen LogP contribution >= 0.6 is 0 Å². The Labute approximate surface area is 129 Å². The first kappa shape index (κ1) is 14.8. The highest BCUT2D eigenvalue weighted by molar-refractivity contribution is 5.95. The van der Waals surface area contributed by atoms with E-state index in [1.807, 2.05) is 44.8 Å². The predicted molar refractivity (Wildman–Crippen MR) is 83.6 cm³/mol. The van der Waals surface area contributed by atoms with Crippen molar-refractivity contribution >= 4 is 11.6 Å². The number of hydrogen-bond donors (Lipinski definition) is 1. The van der Waals surface area contributed by atoms with Gasteiger partial charge in [-0.15, -0.1) is 0 Å². The molecule has 1 aliphatic rings. The van der Waals surface area contributed by atoms with Crippen LogP contribution < -0.4 is 5.32 Å². The Balaban J connectivity index is 1.59. The summed E-state index contributed by atoms with van der Waals surface area (Å²) in [5.41, 5.74) is 2.64. The summed E-state index contributed by atoms with van der Waals surface area (Å²) in [4.78, 5) is 14.6. The molecule has 118 valence electrons. The lowest BCUT2D eigenvalue weighted by atomic mass is 10.1. The van der Waals surface area contributed by atoms with Crippen molar-refractivity contribution in [2.45, 2.75) is 32.9 Å². The molecule has 0 aromatic carbocycles. The highest BCUT2D eigenvalue weighted by Gasteiger charge is 2.35. The Morgan fingerprint density at radius 3 is 2.68 bits per heavy atom. The molecule has 0 saturated carbocycles. The summed E-state index contributed by atoms with van der Waals surface area (Å²) in [6, 6.07) is 2.13. The number of amides is 1. The van der Waals surface area contributed by atoms with E-state index in [4.69, 9.17) is 0 Å². The van der Waals surface area contributed by atoms with Gasteiger partial charge in [0, 0.05) is 32.5 Å². The van der Waals surface area contributed by atoms with E-state index in [1.165, 1.54) is 0 Å². The predicted octanol–water partition coefficient (Wildman–Crippen LogP) is 1.12. The molecule has 22 heavy (non-hydrogen) atoms. The SMILES string of the molecule is Cc1nn(C)c(C)c1NC(=O)[C@H](C)N1CC(n2cccn2)C1. The number of anilines is 1. The van der Waals surface area contributed by atoms with Gasteiger partial charge >= 0.3 is 0 Å². The highest BCUT2D eigenvalue weighted by Crippen LogP contribution is 2.24. The second kappa shape index (κ2) is 5.57. The standard InChI is InChI=1S/C15H22N6O/c1-10-14(11(2)19(4)18-10)17-15(22)12(3)20-8-13(9-20)21-7-5-6-16-21/h5-7,12-13H,8-9H2,1-4H3,(H,17,22)/t12-/m0/s1. The molecule has 1 amide bonds.